The molecule has 0 atom stereocenters. The van der Waals surface area contributed by atoms with Gasteiger partial charge in [0.05, 0.1) is 13.5 Å². The summed E-state index contributed by atoms with van der Waals surface area (Å²) in [5, 5.41) is 8.33. The lowest BCUT2D eigenvalue weighted by atomic mass is 10.0. The van der Waals surface area contributed by atoms with E-state index in [0.717, 1.165) is 12.1 Å². The Kier molecular flexibility index (Phi) is 3.98. The molecule has 0 amide bonds. The van der Waals surface area contributed by atoms with Gasteiger partial charge in [-0.15, -0.1) is 0 Å². The lowest BCUT2D eigenvalue weighted by Crippen LogP contribution is -2.15. The standard InChI is InChI=1S/C11H11F3O3/c1-17-9-3-2-7(6-8(9)12)11(13,14)5-4-10(15)16/h2-3,6H,4-5H2,1H3,(H,15,16). The maximum Gasteiger partial charge on any atom is 0.303 e. The maximum absolute atomic E-state index is 13.5. The van der Waals surface area contributed by atoms with E-state index >= 15 is 0 Å². The minimum Gasteiger partial charge on any atom is -0.494 e. The number of carbonyl (C=O) groups is 1. The van der Waals surface area contributed by atoms with Gasteiger partial charge in [0.15, 0.2) is 11.6 Å². The van der Waals surface area contributed by atoms with Gasteiger partial charge in [-0.3, -0.25) is 4.79 Å². The number of aliphatic carboxylic acids is 1. The largest absolute Gasteiger partial charge is 0.494 e. The van der Waals surface area contributed by atoms with Crippen molar-refractivity contribution < 1.29 is 27.8 Å². The summed E-state index contributed by atoms with van der Waals surface area (Å²) in [4.78, 5) is 10.2. The first-order valence-corrected chi connectivity index (χ1v) is 4.80. The molecule has 0 aliphatic rings. The van der Waals surface area contributed by atoms with E-state index in [1.807, 2.05) is 0 Å². The van der Waals surface area contributed by atoms with Gasteiger partial charge in [-0.2, -0.15) is 0 Å². The van der Waals surface area contributed by atoms with Crippen molar-refractivity contribution in [3.63, 3.8) is 0 Å². The Balaban J connectivity index is 2.90. The Hall–Kier alpha value is -1.72. The topological polar surface area (TPSA) is 46.5 Å². The van der Waals surface area contributed by atoms with Gasteiger partial charge in [-0.25, -0.2) is 13.2 Å². The summed E-state index contributed by atoms with van der Waals surface area (Å²) < 4.78 is 44.7. The minimum atomic E-state index is -3.37. The van der Waals surface area contributed by atoms with Crippen molar-refractivity contribution in [2.75, 3.05) is 7.11 Å². The molecular formula is C11H11F3O3. The van der Waals surface area contributed by atoms with Crippen LogP contribution in [0.25, 0.3) is 0 Å². The third-order valence-electron chi connectivity index (χ3n) is 2.23. The lowest BCUT2D eigenvalue weighted by molar-refractivity contribution is -0.139. The number of benzene rings is 1. The third kappa shape index (κ3) is 3.37. The van der Waals surface area contributed by atoms with E-state index < -0.39 is 36.1 Å². The molecule has 1 N–H and O–H groups in total. The van der Waals surface area contributed by atoms with Crippen molar-refractivity contribution in [1.82, 2.24) is 0 Å². The highest BCUT2D eigenvalue weighted by Crippen LogP contribution is 2.34. The van der Waals surface area contributed by atoms with Crippen LogP contribution in [0, 0.1) is 5.82 Å². The first-order chi connectivity index (χ1) is 7.86. The number of methoxy groups -OCH3 is 1. The van der Waals surface area contributed by atoms with Crippen LogP contribution in [0.15, 0.2) is 18.2 Å². The number of carboxylic acids is 1. The fourth-order valence-corrected chi connectivity index (χ4v) is 1.30. The van der Waals surface area contributed by atoms with Crippen LogP contribution in [0.5, 0.6) is 5.75 Å². The zero-order chi connectivity index (χ0) is 13.1. The smallest absolute Gasteiger partial charge is 0.303 e. The zero-order valence-corrected chi connectivity index (χ0v) is 9.04. The summed E-state index contributed by atoms with van der Waals surface area (Å²) in [6.07, 6.45) is -1.55. The van der Waals surface area contributed by atoms with Gasteiger partial charge >= 0.3 is 5.97 Å². The molecular weight excluding hydrogens is 237 g/mol. The van der Waals surface area contributed by atoms with Crippen molar-refractivity contribution in [1.29, 1.82) is 0 Å². The first kappa shape index (κ1) is 13.3. The molecule has 0 aliphatic carbocycles. The molecule has 6 heteroatoms. The van der Waals surface area contributed by atoms with Crippen LogP contribution >= 0.6 is 0 Å². The quantitative estimate of drug-likeness (QED) is 0.871. The van der Waals surface area contributed by atoms with Crippen molar-refractivity contribution in [3.05, 3.63) is 29.6 Å². The predicted molar refractivity (Wildman–Crippen MR) is 53.7 cm³/mol. The Labute approximate surface area is 95.8 Å². The Morgan fingerprint density at radius 1 is 1.47 bits per heavy atom. The molecule has 0 saturated heterocycles. The van der Waals surface area contributed by atoms with E-state index in [1.165, 1.54) is 7.11 Å². The van der Waals surface area contributed by atoms with Crippen LogP contribution in [0.4, 0.5) is 13.2 Å². The molecule has 0 unspecified atom stereocenters. The van der Waals surface area contributed by atoms with Gasteiger partial charge in [0.25, 0.3) is 5.92 Å². The summed E-state index contributed by atoms with van der Waals surface area (Å²) in [5.74, 6) is -5.73. The number of hydrogen-bond acceptors (Lipinski definition) is 2. The maximum atomic E-state index is 13.5. The molecule has 17 heavy (non-hydrogen) atoms. The second-order valence-electron chi connectivity index (χ2n) is 3.45. The van der Waals surface area contributed by atoms with E-state index in [9.17, 15) is 18.0 Å². The summed E-state index contributed by atoms with van der Waals surface area (Å²) in [6.45, 7) is 0. The van der Waals surface area contributed by atoms with Gasteiger partial charge in [0, 0.05) is 12.0 Å². The van der Waals surface area contributed by atoms with Crippen molar-refractivity contribution >= 4 is 5.97 Å². The van der Waals surface area contributed by atoms with Gasteiger partial charge in [-0.1, -0.05) is 0 Å². The molecule has 1 rings (SSSR count). The second-order valence-corrected chi connectivity index (χ2v) is 3.45. The molecule has 1 aromatic rings. The average Bonchev–Trinajstić information content (AvgIpc) is 2.26. The molecule has 0 bridgehead atoms. The molecule has 94 valence electrons. The number of alkyl halides is 2. The number of rotatable bonds is 5. The van der Waals surface area contributed by atoms with E-state index in [1.54, 1.807) is 0 Å². The van der Waals surface area contributed by atoms with Crippen LogP contribution in [0.1, 0.15) is 18.4 Å². The van der Waals surface area contributed by atoms with Crippen LogP contribution in [0.3, 0.4) is 0 Å². The van der Waals surface area contributed by atoms with Crippen molar-refractivity contribution in [2.24, 2.45) is 0 Å². The third-order valence-corrected chi connectivity index (χ3v) is 2.23. The zero-order valence-electron chi connectivity index (χ0n) is 9.04. The molecule has 0 aromatic heterocycles. The first-order valence-electron chi connectivity index (χ1n) is 4.80. The van der Waals surface area contributed by atoms with Crippen molar-refractivity contribution in [3.8, 4) is 5.75 Å². The van der Waals surface area contributed by atoms with Gasteiger partial charge in [0.2, 0.25) is 0 Å². The molecule has 0 fully saturated rings. The molecule has 3 nitrogen and oxygen atoms in total. The Morgan fingerprint density at radius 2 is 2.12 bits per heavy atom. The summed E-state index contributed by atoms with van der Waals surface area (Å²) in [6, 6.07) is 2.75. The van der Waals surface area contributed by atoms with Crippen LogP contribution in [-0.2, 0) is 10.7 Å². The molecule has 0 aliphatic heterocycles. The van der Waals surface area contributed by atoms with Gasteiger partial charge < -0.3 is 9.84 Å². The fourth-order valence-electron chi connectivity index (χ4n) is 1.30. The van der Waals surface area contributed by atoms with E-state index in [0.29, 0.717) is 6.07 Å². The van der Waals surface area contributed by atoms with E-state index in [-0.39, 0.29) is 5.75 Å². The lowest BCUT2D eigenvalue weighted by Gasteiger charge is -2.16. The van der Waals surface area contributed by atoms with Crippen LogP contribution in [-0.4, -0.2) is 18.2 Å². The normalized spacial score (nSPS) is 11.3. The highest BCUT2D eigenvalue weighted by molar-refractivity contribution is 5.66. The van der Waals surface area contributed by atoms with Crippen LogP contribution in [0.2, 0.25) is 0 Å². The SMILES string of the molecule is COc1ccc(C(F)(F)CCC(=O)O)cc1F. The van der Waals surface area contributed by atoms with E-state index in [2.05, 4.69) is 4.74 Å². The number of carboxylic acid groups (broad SMARTS) is 1. The summed E-state index contributed by atoms with van der Waals surface area (Å²) in [5.41, 5.74) is -0.558. The average molecular weight is 248 g/mol. The summed E-state index contributed by atoms with van der Waals surface area (Å²) >= 11 is 0. The number of halogens is 3. The molecule has 0 spiro atoms. The Bertz CT molecular complexity index is 418. The number of ether oxygens (including phenoxy) is 1. The van der Waals surface area contributed by atoms with Crippen LogP contribution < -0.4 is 4.74 Å². The molecule has 0 saturated carbocycles. The van der Waals surface area contributed by atoms with Gasteiger partial charge in [0.1, 0.15) is 0 Å². The number of hydrogen-bond donors (Lipinski definition) is 1. The summed E-state index contributed by atoms with van der Waals surface area (Å²) in [7, 11) is 1.22. The highest BCUT2D eigenvalue weighted by atomic mass is 19.3. The second kappa shape index (κ2) is 5.07. The highest BCUT2D eigenvalue weighted by Gasteiger charge is 2.32. The molecule has 0 radical (unpaired) electrons. The van der Waals surface area contributed by atoms with E-state index in [4.69, 9.17) is 5.11 Å². The predicted octanol–water partition coefficient (Wildman–Crippen LogP) is 2.79. The molecule has 1 aromatic carbocycles. The molecule has 0 heterocycles. The Morgan fingerprint density at radius 3 is 2.59 bits per heavy atom. The fraction of sp³-hybridized carbons (Fsp3) is 0.364. The van der Waals surface area contributed by atoms with Crippen molar-refractivity contribution in [2.45, 2.75) is 18.8 Å². The monoisotopic (exact) mass is 248 g/mol. The van der Waals surface area contributed by atoms with Gasteiger partial charge in [-0.05, 0) is 18.2 Å². The minimum absolute atomic E-state index is 0.136.